The summed E-state index contributed by atoms with van der Waals surface area (Å²) in [6.45, 7) is 6.84. The molecule has 1 aliphatic carbocycles. The number of hydrazine groups is 1. The van der Waals surface area contributed by atoms with E-state index in [1.807, 2.05) is 17.9 Å². The highest BCUT2D eigenvalue weighted by Gasteiger charge is 2.31. The fourth-order valence-electron chi connectivity index (χ4n) is 3.19. The lowest BCUT2D eigenvalue weighted by Crippen LogP contribution is -2.37. The van der Waals surface area contributed by atoms with Crippen LogP contribution in [0.5, 0.6) is 0 Å². The van der Waals surface area contributed by atoms with Gasteiger partial charge in [0.05, 0.1) is 12.2 Å². The van der Waals surface area contributed by atoms with Gasteiger partial charge in [-0.2, -0.15) is 5.10 Å². The van der Waals surface area contributed by atoms with E-state index in [0.29, 0.717) is 5.92 Å². The zero-order valence-electron chi connectivity index (χ0n) is 12.0. The Hall–Kier alpha value is -0.870. The van der Waals surface area contributed by atoms with Gasteiger partial charge in [0.15, 0.2) is 0 Å². The molecule has 0 aliphatic heterocycles. The summed E-state index contributed by atoms with van der Waals surface area (Å²) in [5.41, 5.74) is 5.49. The van der Waals surface area contributed by atoms with Crippen LogP contribution < -0.4 is 11.3 Å². The molecule has 1 aliphatic rings. The number of rotatable bonds is 3. The van der Waals surface area contributed by atoms with Gasteiger partial charge in [0.25, 0.3) is 0 Å². The first kappa shape index (κ1) is 13.6. The van der Waals surface area contributed by atoms with Gasteiger partial charge in [-0.05, 0) is 37.5 Å². The molecule has 1 aromatic rings. The van der Waals surface area contributed by atoms with E-state index < -0.39 is 0 Å². The quantitative estimate of drug-likeness (QED) is 0.639. The molecule has 4 heteroatoms. The Morgan fingerprint density at radius 1 is 1.39 bits per heavy atom. The van der Waals surface area contributed by atoms with Crippen molar-refractivity contribution in [2.75, 3.05) is 0 Å². The summed E-state index contributed by atoms with van der Waals surface area (Å²) >= 11 is 0. The Kier molecular flexibility index (Phi) is 4.07. The predicted molar refractivity (Wildman–Crippen MR) is 73.7 cm³/mol. The van der Waals surface area contributed by atoms with Crippen LogP contribution in [0.2, 0.25) is 0 Å². The van der Waals surface area contributed by atoms with Crippen molar-refractivity contribution in [3.8, 4) is 0 Å². The molecule has 4 unspecified atom stereocenters. The first-order valence-electron chi connectivity index (χ1n) is 6.99. The molecule has 3 N–H and O–H groups in total. The Bertz CT molecular complexity index is 398. The van der Waals surface area contributed by atoms with Crippen molar-refractivity contribution >= 4 is 0 Å². The largest absolute Gasteiger partial charge is 0.273 e. The Balaban J connectivity index is 2.16. The maximum Gasteiger partial charge on any atom is 0.0540 e. The molecule has 4 atom stereocenters. The van der Waals surface area contributed by atoms with Gasteiger partial charge >= 0.3 is 0 Å². The smallest absolute Gasteiger partial charge is 0.0540 e. The van der Waals surface area contributed by atoms with Crippen LogP contribution >= 0.6 is 0 Å². The Morgan fingerprint density at radius 2 is 2.11 bits per heavy atom. The van der Waals surface area contributed by atoms with Crippen LogP contribution in [0.25, 0.3) is 0 Å². The second kappa shape index (κ2) is 5.41. The van der Waals surface area contributed by atoms with Crippen molar-refractivity contribution in [1.82, 2.24) is 15.2 Å². The monoisotopic (exact) mass is 250 g/mol. The van der Waals surface area contributed by atoms with Crippen molar-refractivity contribution in [2.45, 2.75) is 46.1 Å². The highest BCUT2D eigenvalue weighted by molar-refractivity contribution is 5.21. The minimum absolute atomic E-state index is 0.244. The summed E-state index contributed by atoms with van der Waals surface area (Å²) in [6.07, 6.45) is 5.78. The molecule has 102 valence electrons. The number of nitrogens with one attached hydrogen (secondary N) is 1. The Labute approximate surface area is 110 Å². The molecule has 0 saturated heterocycles. The van der Waals surface area contributed by atoms with Gasteiger partial charge in [-0.1, -0.05) is 20.3 Å². The lowest BCUT2D eigenvalue weighted by molar-refractivity contribution is 0.171. The molecule has 1 saturated carbocycles. The standard InChI is InChI=1S/C14H26N4/c1-9-5-6-12(7-10(9)2)14(17-15)13-8-16-18(4)11(13)3/h8-10,12,14,17H,5-7,15H2,1-4H3. The summed E-state index contributed by atoms with van der Waals surface area (Å²) in [6, 6.07) is 0.244. The van der Waals surface area contributed by atoms with Gasteiger partial charge in [0.2, 0.25) is 0 Å². The highest BCUT2D eigenvalue weighted by atomic mass is 15.3. The third-order valence-corrected chi connectivity index (χ3v) is 4.90. The number of aryl methyl sites for hydroxylation is 1. The summed E-state index contributed by atoms with van der Waals surface area (Å²) in [5.74, 6) is 8.07. The summed E-state index contributed by atoms with van der Waals surface area (Å²) < 4.78 is 1.93. The minimum atomic E-state index is 0.244. The van der Waals surface area contributed by atoms with Crippen LogP contribution in [-0.4, -0.2) is 9.78 Å². The normalized spacial score (nSPS) is 30.4. The molecule has 1 heterocycles. The molecule has 0 amide bonds. The SMILES string of the molecule is Cc1c(C(NN)C2CCC(C)C(C)C2)cnn1C. The van der Waals surface area contributed by atoms with Gasteiger partial charge in [-0.3, -0.25) is 16.0 Å². The molecule has 0 radical (unpaired) electrons. The first-order valence-corrected chi connectivity index (χ1v) is 6.99. The zero-order valence-corrected chi connectivity index (χ0v) is 12.0. The number of nitrogens with zero attached hydrogens (tertiary/aromatic N) is 2. The minimum Gasteiger partial charge on any atom is -0.273 e. The number of hydrogen-bond acceptors (Lipinski definition) is 3. The van der Waals surface area contributed by atoms with E-state index in [1.54, 1.807) is 0 Å². The third-order valence-electron chi connectivity index (χ3n) is 4.90. The third kappa shape index (κ3) is 2.45. The van der Waals surface area contributed by atoms with Crippen molar-refractivity contribution in [3.63, 3.8) is 0 Å². The van der Waals surface area contributed by atoms with Crippen molar-refractivity contribution < 1.29 is 0 Å². The lowest BCUT2D eigenvalue weighted by Gasteiger charge is -2.36. The maximum atomic E-state index is 5.81. The molecule has 0 bridgehead atoms. The average molecular weight is 250 g/mol. The first-order chi connectivity index (χ1) is 8.54. The number of hydrogen-bond donors (Lipinski definition) is 2. The van der Waals surface area contributed by atoms with Gasteiger partial charge in [0, 0.05) is 18.3 Å². The van der Waals surface area contributed by atoms with Gasteiger partial charge in [0.1, 0.15) is 0 Å². The molecule has 0 aromatic carbocycles. The molecular formula is C14H26N4. The maximum absolute atomic E-state index is 5.81. The molecule has 4 nitrogen and oxygen atoms in total. The van der Waals surface area contributed by atoms with E-state index in [9.17, 15) is 0 Å². The van der Waals surface area contributed by atoms with Crippen LogP contribution in [0.15, 0.2) is 6.20 Å². The van der Waals surface area contributed by atoms with E-state index in [2.05, 4.69) is 31.3 Å². The highest BCUT2D eigenvalue weighted by Crippen LogP contribution is 2.40. The van der Waals surface area contributed by atoms with E-state index >= 15 is 0 Å². The topological polar surface area (TPSA) is 55.9 Å². The van der Waals surface area contributed by atoms with Crippen LogP contribution in [0.4, 0.5) is 0 Å². The predicted octanol–water partition coefficient (Wildman–Crippen LogP) is 2.31. The lowest BCUT2D eigenvalue weighted by atomic mass is 9.72. The number of nitrogens with two attached hydrogens (primary N) is 1. The average Bonchev–Trinajstić information content (AvgIpc) is 2.67. The molecule has 2 rings (SSSR count). The Morgan fingerprint density at radius 3 is 2.61 bits per heavy atom. The molecule has 1 aromatic heterocycles. The number of aromatic nitrogens is 2. The van der Waals surface area contributed by atoms with Gasteiger partial charge in [-0.25, -0.2) is 0 Å². The van der Waals surface area contributed by atoms with Crippen molar-refractivity contribution in [2.24, 2.45) is 30.6 Å². The van der Waals surface area contributed by atoms with E-state index in [4.69, 9.17) is 5.84 Å². The van der Waals surface area contributed by atoms with E-state index in [-0.39, 0.29) is 6.04 Å². The van der Waals surface area contributed by atoms with Gasteiger partial charge < -0.3 is 0 Å². The fourth-order valence-corrected chi connectivity index (χ4v) is 3.19. The zero-order chi connectivity index (χ0) is 13.3. The van der Waals surface area contributed by atoms with Crippen LogP contribution in [0, 0.1) is 24.7 Å². The fraction of sp³-hybridized carbons (Fsp3) is 0.786. The summed E-state index contributed by atoms with van der Waals surface area (Å²) in [7, 11) is 1.98. The molecule has 1 fully saturated rings. The summed E-state index contributed by atoms with van der Waals surface area (Å²) in [4.78, 5) is 0. The van der Waals surface area contributed by atoms with E-state index in [1.165, 1.54) is 30.5 Å². The van der Waals surface area contributed by atoms with Crippen LogP contribution in [-0.2, 0) is 7.05 Å². The second-order valence-corrected chi connectivity index (χ2v) is 5.98. The van der Waals surface area contributed by atoms with E-state index in [0.717, 1.165) is 11.8 Å². The molecular weight excluding hydrogens is 224 g/mol. The van der Waals surface area contributed by atoms with Crippen LogP contribution in [0.1, 0.15) is 50.4 Å². The molecule has 0 spiro atoms. The summed E-state index contributed by atoms with van der Waals surface area (Å²) in [5, 5.41) is 4.33. The van der Waals surface area contributed by atoms with Gasteiger partial charge in [-0.15, -0.1) is 0 Å². The molecule has 18 heavy (non-hydrogen) atoms. The van der Waals surface area contributed by atoms with Crippen molar-refractivity contribution in [3.05, 3.63) is 17.5 Å². The van der Waals surface area contributed by atoms with Crippen LogP contribution in [0.3, 0.4) is 0 Å². The second-order valence-electron chi connectivity index (χ2n) is 5.98. The van der Waals surface area contributed by atoms with Crippen molar-refractivity contribution in [1.29, 1.82) is 0 Å².